The van der Waals surface area contributed by atoms with Gasteiger partial charge in [0, 0.05) is 23.6 Å². The third-order valence-corrected chi connectivity index (χ3v) is 4.73. The largest absolute Gasteiger partial charge is 0.326 e. The Hall–Kier alpha value is -3.47. The number of hydrogen-bond donors (Lipinski definition) is 1. The van der Waals surface area contributed by atoms with E-state index in [4.69, 9.17) is 0 Å². The fraction of sp³-hybridized carbons (Fsp3) is 0.130. The van der Waals surface area contributed by atoms with Gasteiger partial charge in [-0.15, -0.1) is 0 Å². The highest BCUT2D eigenvalue weighted by atomic mass is 19.1. The van der Waals surface area contributed by atoms with Crippen LogP contribution in [0.5, 0.6) is 0 Å². The van der Waals surface area contributed by atoms with Gasteiger partial charge in [0.15, 0.2) is 0 Å². The molecule has 2 aromatic carbocycles. The zero-order valence-electron chi connectivity index (χ0n) is 15.7. The predicted octanol–water partition coefficient (Wildman–Crippen LogP) is 4.94. The lowest BCUT2D eigenvalue weighted by Crippen LogP contribution is -2.16. The number of amides is 1. The molecule has 0 saturated carbocycles. The van der Waals surface area contributed by atoms with Gasteiger partial charge in [0.05, 0.1) is 12.1 Å². The van der Waals surface area contributed by atoms with Crippen LogP contribution in [0, 0.1) is 19.7 Å². The van der Waals surface area contributed by atoms with Crippen LogP contribution in [0.3, 0.4) is 0 Å². The van der Waals surface area contributed by atoms with E-state index in [1.807, 2.05) is 61.0 Å². The average Bonchev–Trinajstić information content (AvgIpc) is 3.08. The molecular weight excluding hydrogens is 353 g/mol. The number of benzene rings is 2. The van der Waals surface area contributed by atoms with Crippen molar-refractivity contribution in [3.63, 3.8) is 0 Å². The number of halogens is 1. The highest BCUT2D eigenvalue weighted by Crippen LogP contribution is 2.26. The molecule has 0 atom stereocenters. The van der Waals surface area contributed by atoms with Crippen LogP contribution in [0.15, 0.2) is 67.0 Å². The molecule has 140 valence electrons. The fourth-order valence-electron chi connectivity index (χ4n) is 3.15. The summed E-state index contributed by atoms with van der Waals surface area (Å²) in [5.74, 6) is -0.626. The first-order valence-corrected chi connectivity index (χ1v) is 9.09. The van der Waals surface area contributed by atoms with Gasteiger partial charge in [-0.25, -0.2) is 9.37 Å². The number of nitrogens with zero attached hydrogens (tertiary/aromatic N) is 2. The molecule has 0 aliphatic carbocycles. The van der Waals surface area contributed by atoms with E-state index in [-0.39, 0.29) is 18.1 Å². The predicted molar refractivity (Wildman–Crippen MR) is 109 cm³/mol. The first-order chi connectivity index (χ1) is 13.5. The maximum Gasteiger partial charge on any atom is 0.228 e. The standard InChI is InChI=1S/C23H20FN3O/c1-15-9-10-27-14-21(25-22(27)11-15)18-8-7-16(2)20(12-18)26-23(28)13-17-5-3-4-6-19(17)24/h3-12,14H,13H2,1-2H3,(H,26,28). The highest BCUT2D eigenvalue weighted by Gasteiger charge is 2.11. The Morgan fingerprint density at radius 3 is 2.75 bits per heavy atom. The summed E-state index contributed by atoms with van der Waals surface area (Å²) in [7, 11) is 0. The second-order valence-electron chi connectivity index (χ2n) is 6.94. The van der Waals surface area contributed by atoms with Gasteiger partial charge in [-0.05, 0) is 54.8 Å². The van der Waals surface area contributed by atoms with Crippen LogP contribution >= 0.6 is 0 Å². The van der Waals surface area contributed by atoms with Gasteiger partial charge >= 0.3 is 0 Å². The fourth-order valence-corrected chi connectivity index (χ4v) is 3.15. The molecule has 28 heavy (non-hydrogen) atoms. The van der Waals surface area contributed by atoms with Crippen molar-refractivity contribution in [1.29, 1.82) is 0 Å². The first-order valence-electron chi connectivity index (χ1n) is 9.09. The van der Waals surface area contributed by atoms with Gasteiger partial charge in [0.25, 0.3) is 0 Å². The molecule has 2 aromatic heterocycles. The third kappa shape index (κ3) is 3.64. The Kier molecular flexibility index (Phi) is 4.65. The number of aromatic nitrogens is 2. The van der Waals surface area contributed by atoms with E-state index < -0.39 is 0 Å². The molecule has 0 aliphatic heterocycles. The van der Waals surface area contributed by atoms with Crippen molar-refractivity contribution in [1.82, 2.24) is 9.38 Å². The molecule has 5 heteroatoms. The number of fused-ring (bicyclic) bond motifs is 1. The Morgan fingerprint density at radius 1 is 1.11 bits per heavy atom. The maximum atomic E-state index is 13.8. The van der Waals surface area contributed by atoms with Crippen LogP contribution in [0.1, 0.15) is 16.7 Å². The molecule has 0 bridgehead atoms. The smallest absolute Gasteiger partial charge is 0.228 e. The lowest BCUT2D eigenvalue weighted by atomic mass is 10.1. The van der Waals surface area contributed by atoms with E-state index in [9.17, 15) is 9.18 Å². The van der Waals surface area contributed by atoms with Crippen molar-refractivity contribution in [2.45, 2.75) is 20.3 Å². The Bertz CT molecular complexity index is 1180. The average molecular weight is 373 g/mol. The topological polar surface area (TPSA) is 46.4 Å². The molecule has 0 aliphatic rings. The lowest BCUT2D eigenvalue weighted by Gasteiger charge is -2.10. The van der Waals surface area contributed by atoms with Crippen LogP contribution in [0.4, 0.5) is 10.1 Å². The van der Waals surface area contributed by atoms with Crippen LogP contribution in [-0.2, 0) is 11.2 Å². The van der Waals surface area contributed by atoms with Crippen molar-refractivity contribution in [2.24, 2.45) is 0 Å². The summed E-state index contributed by atoms with van der Waals surface area (Å²) in [5, 5.41) is 2.90. The van der Waals surface area contributed by atoms with Gasteiger partial charge in [0.2, 0.25) is 5.91 Å². The highest BCUT2D eigenvalue weighted by molar-refractivity contribution is 5.93. The summed E-state index contributed by atoms with van der Waals surface area (Å²) in [6.07, 6.45) is 3.93. The maximum absolute atomic E-state index is 13.8. The molecule has 4 rings (SSSR count). The number of nitrogens with one attached hydrogen (secondary N) is 1. The quantitative estimate of drug-likeness (QED) is 0.551. The summed E-state index contributed by atoms with van der Waals surface area (Å²) in [4.78, 5) is 17.1. The minimum Gasteiger partial charge on any atom is -0.326 e. The summed E-state index contributed by atoms with van der Waals surface area (Å²) < 4.78 is 15.8. The van der Waals surface area contributed by atoms with E-state index in [2.05, 4.69) is 10.3 Å². The molecule has 0 fully saturated rings. The van der Waals surface area contributed by atoms with Gasteiger partial charge in [0.1, 0.15) is 11.5 Å². The van der Waals surface area contributed by atoms with Crippen molar-refractivity contribution >= 4 is 17.2 Å². The molecule has 2 heterocycles. The lowest BCUT2D eigenvalue weighted by molar-refractivity contribution is -0.115. The van der Waals surface area contributed by atoms with Gasteiger partial charge < -0.3 is 9.72 Å². The Morgan fingerprint density at radius 2 is 1.93 bits per heavy atom. The van der Waals surface area contributed by atoms with Crippen molar-refractivity contribution in [3.05, 3.63) is 89.5 Å². The summed E-state index contributed by atoms with van der Waals surface area (Å²) in [6.45, 7) is 3.96. The van der Waals surface area contributed by atoms with Crippen molar-refractivity contribution in [3.8, 4) is 11.3 Å². The molecule has 4 nitrogen and oxygen atoms in total. The summed E-state index contributed by atoms with van der Waals surface area (Å²) in [5.41, 5.74) is 5.78. The van der Waals surface area contributed by atoms with Gasteiger partial charge in [-0.3, -0.25) is 4.79 Å². The SMILES string of the molecule is Cc1ccn2cc(-c3ccc(C)c(NC(=O)Cc4ccccc4F)c3)nc2c1. The molecular formula is C23H20FN3O. The monoisotopic (exact) mass is 373 g/mol. The van der Waals surface area contributed by atoms with Gasteiger partial charge in [-0.2, -0.15) is 0 Å². The van der Waals surface area contributed by atoms with Crippen molar-refractivity contribution in [2.75, 3.05) is 5.32 Å². The van der Waals surface area contributed by atoms with E-state index >= 15 is 0 Å². The number of carbonyl (C=O) groups is 1. The molecule has 0 saturated heterocycles. The number of carbonyl (C=O) groups excluding carboxylic acids is 1. The number of rotatable bonds is 4. The second-order valence-corrected chi connectivity index (χ2v) is 6.94. The molecule has 0 unspecified atom stereocenters. The summed E-state index contributed by atoms with van der Waals surface area (Å²) >= 11 is 0. The van der Waals surface area contributed by atoms with Crippen LogP contribution < -0.4 is 5.32 Å². The van der Waals surface area contributed by atoms with E-state index in [1.54, 1.807) is 18.2 Å². The zero-order chi connectivity index (χ0) is 19.7. The second kappa shape index (κ2) is 7.27. The minimum absolute atomic E-state index is 0.00994. The van der Waals surface area contributed by atoms with E-state index in [0.717, 1.165) is 28.0 Å². The normalized spacial score (nSPS) is 11.0. The van der Waals surface area contributed by atoms with Crippen LogP contribution in [-0.4, -0.2) is 15.3 Å². The molecule has 1 amide bonds. The number of imidazole rings is 1. The first kappa shape index (κ1) is 17.9. The number of anilines is 1. The van der Waals surface area contributed by atoms with Crippen molar-refractivity contribution < 1.29 is 9.18 Å². The zero-order valence-corrected chi connectivity index (χ0v) is 15.7. The van der Waals surface area contributed by atoms with Crippen LogP contribution in [0.25, 0.3) is 16.9 Å². The Labute approximate surface area is 162 Å². The number of pyridine rings is 1. The third-order valence-electron chi connectivity index (χ3n) is 4.73. The molecule has 0 radical (unpaired) electrons. The molecule has 4 aromatic rings. The Balaban J connectivity index is 1.59. The number of hydrogen-bond acceptors (Lipinski definition) is 2. The van der Waals surface area contributed by atoms with E-state index in [0.29, 0.717) is 11.3 Å². The molecule has 1 N–H and O–H groups in total. The van der Waals surface area contributed by atoms with Crippen LogP contribution in [0.2, 0.25) is 0 Å². The van der Waals surface area contributed by atoms with E-state index in [1.165, 1.54) is 6.07 Å². The molecule has 0 spiro atoms. The number of aryl methyl sites for hydroxylation is 2. The van der Waals surface area contributed by atoms with Gasteiger partial charge in [-0.1, -0.05) is 30.3 Å². The minimum atomic E-state index is -0.372. The summed E-state index contributed by atoms with van der Waals surface area (Å²) in [6, 6.07) is 16.2.